The first-order valence-electron chi connectivity index (χ1n) is 9.14. The second kappa shape index (κ2) is 8.00. The number of hydrogen-bond acceptors (Lipinski definition) is 2. The lowest BCUT2D eigenvalue weighted by Crippen LogP contribution is -2.43. The van der Waals surface area contributed by atoms with Gasteiger partial charge in [0.2, 0.25) is 0 Å². The van der Waals surface area contributed by atoms with Gasteiger partial charge in [-0.2, -0.15) is 0 Å². The molecule has 1 heterocycles. The molecule has 0 atom stereocenters. The zero-order valence-corrected chi connectivity index (χ0v) is 16.1. The lowest BCUT2D eigenvalue weighted by molar-refractivity contribution is 0.242. The van der Waals surface area contributed by atoms with Crippen molar-refractivity contribution < 1.29 is 4.79 Å². The van der Waals surface area contributed by atoms with Crippen molar-refractivity contribution in [1.29, 1.82) is 0 Å². The van der Waals surface area contributed by atoms with Crippen molar-refractivity contribution >= 4 is 29.0 Å². The highest BCUT2D eigenvalue weighted by atomic mass is 35.5. The number of nitrogens with one attached hydrogen (secondary N) is 2. The monoisotopic (exact) mass is 371 g/mol. The fraction of sp³-hybridized carbons (Fsp3) is 0.381. The van der Waals surface area contributed by atoms with Gasteiger partial charge < -0.3 is 15.5 Å². The van der Waals surface area contributed by atoms with Crippen LogP contribution in [0.15, 0.2) is 48.5 Å². The Labute approximate surface area is 160 Å². The highest BCUT2D eigenvalue weighted by molar-refractivity contribution is 6.30. The molecule has 0 aromatic heterocycles. The SMILES string of the molecule is CC(C)(NC(=O)Nc1ccc(N2CCCCC2)cc1)c1ccc(Cl)cc1. The number of nitrogens with zero attached hydrogens (tertiary/aromatic N) is 1. The van der Waals surface area contributed by atoms with Crippen molar-refractivity contribution in [3.05, 3.63) is 59.1 Å². The largest absolute Gasteiger partial charge is 0.372 e. The van der Waals surface area contributed by atoms with E-state index in [-0.39, 0.29) is 6.03 Å². The molecule has 0 unspecified atom stereocenters. The molecule has 0 saturated carbocycles. The molecule has 0 spiro atoms. The Morgan fingerprint density at radius 2 is 1.58 bits per heavy atom. The molecule has 2 aromatic carbocycles. The van der Waals surface area contributed by atoms with E-state index < -0.39 is 5.54 Å². The average Bonchev–Trinajstić information content (AvgIpc) is 2.63. The predicted molar refractivity (Wildman–Crippen MR) is 109 cm³/mol. The van der Waals surface area contributed by atoms with Crippen LogP contribution in [-0.4, -0.2) is 19.1 Å². The molecule has 0 radical (unpaired) electrons. The summed E-state index contributed by atoms with van der Waals surface area (Å²) < 4.78 is 0. The number of hydrogen-bond donors (Lipinski definition) is 2. The van der Waals surface area contributed by atoms with Gasteiger partial charge in [-0.25, -0.2) is 4.79 Å². The molecule has 2 N–H and O–H groups in total. The Balaban J connectivity index is 1.59. The molecule has 2 amide bonds. The van der Waals surface area contributed by atoms with Crippen LogP contribution in [-0.2, 0) is 5.54 Å². The zero-order chi connectivity index (χ0) is 18.6. The summed E-state index contributed by atoms with van der Waals surface area (Å²) in [6.07, 6.45) is 3.82. The molecule has 4 nitrogen and oxygen atoms in total. The van der Waals surface area contributed by atoms with Crippen molar-refractivity contribution in [2.24, 2.45) is 0 Å². The lowest BCUT2D eigenvalue weighted by atomic mass is 9.94. The quantitative estimate of drug-likeness (QED) is 0.757. The fourth-order valence-corrected chi connectivity index (χ4v) is 3.42. The van der Waals surface area contributed by atoms with E-state index in [2.05, 4.69) is 27.7 Å². The number of rotatable bonds is 4. The highest BCUT2D eigenvalue weighted by Gasteiger charge is 2.22. The number of halogens is 1. The first-order chi connectivity index (χ1) is 12.4. The molecule has 26 heavy (non-hydrogen) atoms. The first-order valence-corrected chi connectivity index (χ1v) is 9.52. The number of carbonyl (C=O) groups is 1. The third-order valence-electron chi connectivity index (χ3n) is 4.84. The van der Waals surface area contributed by atoms with E-state index in [4.69, 9.17) is 11.6 Å². The van der Waals surface area contributed by atoms with Crippen LogP contribution in [0.2, 0.25) is 5.02 Å². The Kier molecular flexibility index (Phi) is 5.72. The molecule has 1 fully saturated rings. The van der Waals surface area contributed by atoms with Gasteiger partial charge in [0, 0.05) is 29.5 Å². The van der Waals surface area contributed by atoms with E-state index in [1.54, 1.807) is 0 Å². The third-order valence-corrected chi connectivity index (χ3v) is 5.09. The lowest BCUT2D eigenvalue weighted by Gasteiger charge is -2.29. The second-order valence-corrected chi connectivity index (χ2v) is 7.74. The molecule has 1 aliphatic rings. The summed E-state index contributed by atoms with van der Waals surface area (Å²) in [5, 5.41) is 6.61. The van der Waals surface area contributed by atoms with E-state index in [1.807, 2.05) is 50.2 Å². The van der Waals surface area contributed by atoms with Crippen LogP contribution in [0, 0.1) is 0 Å². The van der Waals surface area contributed by atoms with Crippen molar-refractivity contribution in [3.63, 3.8) is 0 Å². The van der Waals surface area contributed by atoms with Crippen LogP contribution in [0.1, 0.15) is 38.7 Å². The number of amides is 2. The number of benzene rings is 2. The van der Waals surface area contributed by atoms with Gasteiger partial charge in [0.15, 0.2) is 0 Å². The van der Waals surface area contributed by atoms with Crippen LogP contribution >= 0.6 is 11.6 Å². The van der Waals surface area contributed by atoms with Crippen LogP contribution in [0.3, 0.4) is 0 Å². The normalized spacial score (nSPS) is 14.8. The molecule has 0 bridgehead atoms. The van der Waals surface area contributed by atoms with Crippen LogP contribution in [0.5, 0.6) is 0 Å². The van der Waals surface area contributed by atoms with Crippen LogP contribution in [0.4, 0.5) is 16.2 Å². The van der Waals surface area contributed by atoms with Gasteiger partial charge >= 0.3 is 6.03 Å². The Morgan fingerprint density at radius 3 is 2.19 bits per heavy atom. The average molecular weight is 372 g/mol. The third kappa shape index (κ3) is 4.70. The molecule has 138 valence electrons. The Hall–Kier alpha value is -2.20. The van der Waals surface area contributed by atoms with Crippen molar-refractivity contribution in [3.8, 4) is 0 Å². The van der Waals surface area contributed by atoms with Gasteiger partial charge in [0.05, 0.1) is 5.54 Å². The summed E-state index contributed by atoms with van der Waals surface area (Å²) in [7, 11) is 0. The molecular formula is C21H26ClN3O. The summed E-state index contributed by atoms with van der Waals surface area (Å²) in [6.45, 7) is 6.16. The van der Waals surface area contributed by atoms with Gasteiger partial charge in [-0.05, 0) is 75.1 Å². The van der Waals surface area contributed by atoms with Gasteiger partial charge in [-0.15, -0.1) is 0 Å². The molecule has 0 aliphatic carbocycles. The van der Waals surface area contributed by atoms with Crippen LogP contribution < -0.4 is 15.5 Å². The van der Waals surface area contributed by atoms with Gasteiger partial charge in [-0.1, -0.05) is 23.7 Å². The first kappa shape index (κ1) is 18.6. The second-order valence-electron chi connectivity index (χ2n) is 7.31. The summed E-state index contributed by atoms with van der Waals surface area (Å²) in [5.74, 6) is 0. The van der Waals surface area contributed by atoms with Gasteiger partial charge in [-0.3, -0.25) is 0 Å². The van der Waals surface area contributed by atoms with E-state index in [1.165, 1.54) is 24.9 Å². The number of urea groups is 1. The number of anilines is 2. The minimum Gasteiger partial charge on any atom is -0.372 e. The summed E-state index contributed by atoms with van der Waals surface area (Å²) >= 11 is 5.94. The van der Waals surface area contributed by atoms with Gasteiger partial charge in [0.1, 0.15) is 0 Å². The minimum absolute atomic E-state index is 0.226. The van der Waals surface area contributed by atoms with Crippen molar-refractivity contribution in [1.82, 2.24) is 5.32 Å². The molecule has 2 aromatic rings. The minimum atomic E-state index is -0.498. The number of carbonyl (C=O) groups excluding carboxylic acids is 1. The maximum Gasteiger partial charge on any atom is 0.319 e. The molecular weight excluding hydrogens is 346 g/mol. The van der Waals surface area contributed by atoms with Crippen molar-refractivity contribution in [2.75, 3.05) is 23.3 Å². The fourth-order valence-electron chi connectivity index (χ4n) is 3.29. The highest BCUT2D eigenvalue weighted by Crippen LogP contribution is 2.24. The van der Waals surface area contributed by atoms with E-state index in [9.17, 15) is 4.79 Å². The van der Waals surface area contributed by atoms with E-state index in [0.29, 0.717) is 5.02 Å². The number of piperidine rings is 1. The van der Waals surface area contributed by atoms with Crippen molar-refractivity contribution in [2.45, 2.75) is 38.6 Å². The summed E-state index contributed by atoms with van der Waals surface area (Å²) in [6, 6.07) is 15.4. The van der Waals surface area contributed by atoms with E-state index in [0.717, 1.165) is 24.3 Å². The van der Waals surface area contributed by atoms with Gasteiger partial charge in [0.25, 0.3) is 0 Å². The Bertz CT molecular complexity index is 735. The van der Waals surface area contributed by atoms with Crippen LogP contribution in [0.25, 0.3) is 0 Å². The summed E-state index contributed by atoms with van der Waals surface area (Å²) in [5.41, 5.74) is 2.51. The topological polar surface area (TPSA) is 44.4 Å². The zero-order valence-electron chi connectivity index (χ0n) is 15.4. The Morgan fingerprint density at radius 1 is 0.962 bits per heavy atom. The molecule has 5 heteroatoms. The maximum atomic E-state index is 12.4. The standard InChI is InChI=1S/C21H26ClN3O/c1-21(2,16-6-8-17(22)9-7-16)24-20(26)23-18-10-12-19(13-11-18)25-14-4-3-5-15-25/h6-13H,3-5,14-15H2,1-2H3,(H2,23,24,26). The molecule has 1 saturated heterocycles. The predicted octanol–water partition coefficient (Wildman–Crippen LogP) is 5.39. The molecule has 1 aliphatic heterocycles. The maximum absolute atomic E-state index is 12.4. The molecule has 3 rings (SSSR count). The van der Waals surface area contributed by atoms with E-state index >= 15 is 0 Å². The summed E-state index contributed by atoms with van der Waals surface area (Å²) in [4.78, 5) is 14.8. The smallest absolute Gasteiger partial charge is 0.319 e.